The standard InChI is InChI=1S/C14H13F2N3O/c1-2-18-13-11(15)7-9(8-12(13)16)14(20)19-10-3-5-17-6-4-10/h3-8,18H,2H2,1H3,(H,17,19,20). The number of hydrogen-bond donors (Lipinski definition) is 2. The number of pyridine rings is 1. The molecule has 0 radical (unpaired) electrons. The zero-order valence-corrected chi connectivity index (χ0v) is 10.8. The Morgan fingerprint density at radius 1 is 1.20 bits per heavy atom. The van der Waals surface area contributed by atoms with Gasteiger partial charge in [0.15, 0.2) is 0 Å². The van der Waals surface area contributed by atoms with Crippen LogP contribution in [0.3, 0.4) is 0 Å². The topological polar surface area (TPSA) is 54.0 Å². The van der Waals surface area contributed by atoms with Crippen LogP contribution in [0.25, 0.3) is 0 Å². The van der Waals surface area contributed by atoms with Gasteiger partial charge >= 0.3 is 0 Å². The maximum absolute atomic E-state index is 13.7. The first-order valence-electron chi connectivity index (χ1n) is 6.06. The number of amides is 1. The number of nitrogens with one attached hydrogen (secondary N) is 2. The summed E-state index contributed by atoms with van der Waals surface area (Å²) < 4.78 is 27.4. The normalized spacial score (nSPS) is 10.2. The van der Waals surface area contributed by atoms with E-state index in [4.69, 9.17) is 0 Å². The molecular formula is C14H13F2N3O. The van der Waals surface area contributed by atoms with Gasteiger partial charge in [0.2, 0.25) is 0 Å². The van der Waals surface area contributed by atoms with Gasteiger partial charge in [-0.15, -0.1) is 0 Å². The minimum Gasteiger partial charge on any atom is -0.381 e. The summed E-state index contributed by atoms with van der Waals surface area (Å²) in [5.41, 5.74) is 0.188. The van der Waals surface area contributed by atoms with Crippen LogP contribution in [0.5, 0.6) is 0 Å². The molecule has 0 aliphatic rings. The summed E-state index contributed by atoms with van der Waals surface area (Å²) in [7, 11) is 0. The Morgan fingerprint density at radius 3 is 2.35 bits per heavy atom. The van der Waals surface area contributed by atoms with Gasteiger partial charge in [0.05, 0.1) is 0 Å². The van der Waals surface area contributed by atoms with Gasteiger partial charge in [0, 0.05) is 30.2 Å². The molecule has 0 aliphatic heterocycles. The molecule has 0 saturated carbocycles. The van der Waals surface area contributed by atoms with Crippen LogP contribution in [0.15, 0.2) is 36.7 Å². The maximum atomic E-state index is 13.7. The molecule has 1 aromatic heterocycles. The molecule has 0 fully saturated rings. The molecule has 6 heteroatoms. The smallest absolute Gasteiger partial charge is 0.255 e. The number of carbonyl (C=O) groups excluding carboxylic acids is 1. The number of aromatic nitrogens is 1. The van der Waals surface area contributed by atoms with E-state index < -0.39 is 17.5 Å². The van der Waals surface area contributed by atoms with E-state index in [9.17, 15) is 13.6 Å². The van der Waals surface area contributed by atoms with E-state index in [0.717, 1.165) is 12.1 Å². The second-order valence-electron chi connectivity index (χ2n) is 4.04. The second kappa shape index (κ2) is 6.10. The van der Waals surface area contributed by atoms with Crippen LogP contribution in [0.2, 0.25) is 0 Å². The van der Waals surface area contributed by atoms with Gasteiger partial charge < -0.3 is 10.6 Å². The van der Waals surface area contributed by atoms with Crippen molar-refractivity contribution in [3.05, 3.63) is 53.9 Å². The molecule has 20 heavy (non-hydrogen) atoms. The molecule has 1 aromatic carbocycles. The van der Waals surface area contributed by atoms with Gasteiger partial charge in [-0.1, -0.05) is 0 Å². The Bertz CT molecular complexity index is 594. The fourth-order valence-corrected chi connectivity index (χ4v) is 1.69. The molecule has 0 aliphatic carbocycles. The molecule has 0 atom stereocenters. The van der Waals surface area contributed by atoms with Crippen molar-refractivity contribution in [2.24, 2.45) is 0 Å². The fraction of sp³-hybridized carbons (Fsp3) is 0.143. The number of hydrogen-bond acceptors (Lipinski definition) is 3. The highest BCUT2D eigenvalue weighted by Gasteiger charge is 2.14. The number of anilines is 2. The summed E-state index contributed by atoms with van der Waals surface area (Å²) in [6, 6.07) is 5.16. The average Bonchev–Trinajstić information content (AvgIpc) is 2.43. The minimum atomic E-state index is -0.799. The third-order valence-corrected chi connectivity index (χ3v) is 2.60. The van der Waals surface area contributed by atoms with Crippen molar-refractivity contribution in [1.82, 2.24) is 4.98 Å². The van der Waals surface area contributed by atoms with Crippen LogP contribution in [0.4, 0.5) is 20.2 Å². The molecular weight excluding hydrogens is 264 g/mol. The van der Waals surface area contributed by atoms with Crippen LogP contribution in [0.1, 0.15) is 17.3 Å². The lowest BCUT2D eigenvalue weighted by Gasteiger charge is -2.09. The molecule has 2 rings (SSSR count). The predicted octanol–water partition coefficient (Wildman–Crippen LogP) is 3.04. The van der Waals surface area contributed by atoms with Crippen molar-refractivity contribution in [3.8, 4) is 0 Å². The molecule has 104 valence electrons. The molecule has 0 unspecified atom stereocenters. The predicted molar refractivity (Wildman–Crippen MR) is 72.7 cm³/mol. The van der Waals surface area contributed by atoms with E-state index in [-0.39, 0.29) is 11.3 Å². The minimum absolute atomic E-state index is 0.0848. The largest absolute Gasteiger partial charge is 0.381 e. The summed E-state index contributed by atoms with van der Waals surface area (Å²) in [5, 5.41) is 5.10. The number of benzene rings is 1. The molecule has 0 spiro atoms. The van der Waals surface area contributed by atoms with E-state index >= 15 is 0 Å². The quantitative estimate of drug-likeness (QED) is 0.903. The summed E-state index contributed by atoms with van der Waals surface area (Å²) in [6.07, 6.45) is 3.01. The van der Waals surface area contributed by atoms with E-state index in [1.807, 2.05) is 0 Å². The molecule has 2 aromatic rings. The van der Waals surface area contributed by atoms with E-state index in [1.54, 1.807) is 19.1 Å². The van der Waals surface area contributed by atoms with Gasteiger partial charge in [-0.25, -0.2) is 8.78 Å². The van der Waals surface area contributed by atoms with Crippen molar-refractivity contribution in [2.75, 3.05) is 17.2 Å². The third-order valence-electron chi connectivity index (χ3n) is 2.60. The zero-order chi connectivity index (χ0) is 14.5. The van der Waals surface area contributed by atoms with Gasteiger partial charge in [-0.2, -0.15) is 0 Å². The molecule has 2 N–H and O–H groups in total. The SMILES string of the molecule is CCNc1c(F)cc(C(=O)Nc2ccncc2)cc1F. The van der Waals surface area contributed by atoms with Gasteiger partial charge in [-0.05, 0) is 31.2 Å². The Hall–Kier alpha value is -2.50. The first kappa shape index (κ1) is 13.9. The van der Waals surface area contributed by atoms with Crippen LogP contribution in [0, 0.1) is 11.6 Å². The van der Waals surface area contributed by atoms with Crippen LogP contribution >= 0.6 is 0 Å². The van der Waals surface area contributed by atoms with Gasteiger partial charge in [0.1, 0.15) is 17.3 Å². The Morgan fingerprint density at radius 2 is 1.80 bits per heavy atom. The van der Waals surface area contributed by atoms with Crippen molar-refractivity contribution in [2.45, 2.75) is 6.92 Å². The van der Waals surface area contributed by atoms with Crippen LogP contribution in [-0.4, -0.2) is 17.4 Å². The molecule has 1 amide bonds. The van der Waals surface area contributed by atoms with E-state index in [2.05, 4.69) is 15.6 Å². The maximum Gasteiger partial charge on any atom is 0.255 e. The lowest BCUT2D eigenvalue weighted by atomic mass is 10.1. The number of halogens is 2. The Labute approximate surface area is 114 Å². The van der Waals surface area contributed by atoms with Gasteiger partial charge in [-0.3, -0.25) is 9.78 Å². The Balaban J connectivity index is 2.23. The molecule has 0 bridgehead atoms. The lowest BCUT2D eigenvalue weighted by molar-refractivity contribution is 0.102. The van der Waals surface area contributed by atoms with Gasteiger partial charge in [0.25, 0.3) is 5.91 Å². The Kier molecular flexibility index (Phi) is 4.24. The van der Waals surface area contributed by atoms with E-state index in [0.29, 0.717) is 12.2 Å². The van der Waals surface area contributed by atoms with Crippen molar-refractivity contribution in [1.29, 1.82) is 0 Å². The molecule has 4 nitrogen and oxygen atoms in total. The third kappa shape index (κ3) is 3.09. The average molecular weight is 277 g/mol. The van der Waals surface area contributed by atoms with Crippen molar-refractivity contribution in [3.63, 3.8) is 0 Å². The summed E-state index contributed by atoms with van der Waals surface area (Å²) in [4.78, 5) is 15.7. The highest BCUT2D eigenvalue weighted by atomic mass is 19.1. The summed E-state index contributed by atoms with van der Waals surface area (Å²) in [6.45, 7) is 2.11. The molecule has 1 heterocycles. The van der Waals surface area contributed by atoms with Crippen molar-refractivity contribution < 1.29 is 13.6 Å². The molecule has 0 saturated heterocycles. The zero-order valence-electron chi connectivity index (χ0n) is 10.8. The highest BCUT2D eigenvalue weighted by molar-refractivity contribution is 6.04. The number of rotatable bonds is 4. The summed E-state index contributed by atoms with van der Waals surface area (Å²) >= 11 is 0. The van der Waals surface area contributed by atoms with Crippen LogP contribution < -0.4 is 10.6 Å². The van der Waals surface area contributed by atoms with Crippen LogP contribution in [-0.2, 0) is 0 Å². The number of nitrogens with zero attached hydrogens (tertiary/aromatic N) is 1. The van der Waals surface area contributed by atoms with E-state index in [1.165, 1.54) is 12.4 Å². The first-order chi connectivity index (χ1) is 9.61. The monoisotopic (exact) mass is 277 g/mol. The first-order valence-corrected chi connectivity index (χ1v) is 6.06. The fourth-order valence-electron chi connectivity index (χ4n) is 1.69. The summed E-state index contributed by atoms with van der Waals surface area (Å²) in [5.74, 6) is -2.18. The van der Waals surface area contributed by atoms with Crippen molar-refractivity contribution >= 4 is 17.3 Å². The highest BCUT2D eigenvalue weighted by Crippen LogP contribution is 2.21. The second-order valence-corrected chi connectivity index (χ2v) is 4.04. The lowest BCUT2D eigenvalue weighted by Crippen LogP contribution is -2.13. The number of carbonyl (C=O) groups is 1.